The summed E-state index contributed by atoms with van der Waals surface area (Å²) in [6.45, 7) is 2.04. The first-order valence-electron chi connectivity index (χ1n) is 9.39. The van der Waals surface area contributed by atoms with Crippen molar-refractivity contribution < 1.29 is 9.53 Å². The molecule has 25 heavy (non-hydrogen) atoms. The van der Waals surface area contributed by atoms with Gasteiger partial charge in [-0.15, -0.1) is 0 Å². The maximum absolute atomic E-state index is 12.7. The van der Waals surface area contributed by atoms with E-state index in [1.807, 2.05) is 19.1 Å². The molecule has 4 unspecified atom stereocenters. The number of ether oxygens (including phenoxy) is 1. The van der Waals surface area contributed by atoms with Crippen LogP contribution >= 0.6 is 0 Å². The molecule has 4 atom stereocenters. The van der Waals surface area contributed by atoms with E-state index in [-0.39, 0.29) is 17.6 Å². The molecule has 1 saturated carbocycles. The number of fused-ring (bicyclic) bond motifs is 2. The van der Waals surface area contributed by atoms with E-state index >= 15 is 0 Å². The van der Waals surface area contributed by atoms with Crippen LogP contribution in [0.5, 0.6) is 5.75 Å². The number of methoxy groups -OCH3 is 1. The number of nitrogens with zero attached hydrogens (tertiary/aromatic N) is 1. The van der Waals surface area contributed by atoms with E-state index in [0.717, 1.165) is 36.4 Å². The molecule has 1 aromatic carbocycles. The van der Waals surface area contributed by atoms with Gasteiger partial charge in [0.25, 0.3) is 0 Å². The summed E-state index contributed by atoms with van der Waals surface area (Å²) in [5.41, 5.74) is 3.24. The summed E-state index contributed by atoms with van der Waals surface area (Å²) in [7, 11) is 1.67. The zero-order valence-electron chi connectivity index (χ0n) is 15.0. The molecular weight excluding hydrogens is 312 g/mol. The fourth-order valence-electron chi connectivity index (χ4n) is 4.39. The number of carbonyl (C=O) groups is 1. The lowest BCUT2D eigenvalue weighted by molar-refractivity contribution is -0.118. The number of ketones is 1. The molecule has 1 heterocycles. The monoisotopic (exact) mass is 338 g/mol. The van der Waals surface area contributed by atoms with Crippen molar-refractivity contribution in [2.24, 2.45) is 10.9 Å². The Morgan fingerprint density at radius 2 is 1.92 bits per heavy atom. The summed E-state index contributed by atoms with van der Waals surface area (Å²) < 4.78 is 5.26. The second kappa shape index (κ2) is 6.66. The SMILES string of the molecule is COc1ccc(C2CC3=NC4CCCCC4NC3=CC(=O)C2C)cc1. The van der Waals surface area contributed by atoms with Crippen molar-refractivity contribution in [2.75, 3.05) is 7.11 Å². The second-order valence-corrected chi connectivity index (χ2v) is 7.51. The third-order valence-corrected chi connectivity index (χ3v) is 6.00. The van der Waals surface area contributed by atoms with Crippen molar-refractivity contribution in [3.8, 4) is 5.75 Å². The number of allylic oxidation sites excluding steroid dienone is 2. The molecule has 1 aliphatic heterocycles. The predicted octanol–water partition coefficient (Wildman–Crippen LogP) is 3.63. The largest absolute Gasteiger partial charge is 0.497 e. The third kappa shape index (κ3) is 3.10. The van der Waals surface area contributed by atoms with Crippen molar-refractivity contribution in [1.82, 2.24) is 5.32 Å². The molecule has 0 spiro atoms. The van der Waals surface area contributed by atoms with Gasteiger partial charge in [0.15, 0.2) is 5.78 Å². The first-order valence-corrected chi connectivity index (χ1v) is 9.39. The number of nitrogens with one attached hydrogen (secondary N) is 1. The quantitative estimate of drug-likeness (QED) is 0.896. The zero-order chi connectivity index (χ0) is 17.4. The van der Waals surface area contributed by atoms with Crippen LogP contribution in [0.15, 0.2) is 41.0 Å². The molecule has 1 fully saturated rings. The average Bonchev–Trinajstić information content (AvgIpc) is 2.76. The van der Waals surface area contributed by atoms with Gasteiger partial charge in [0.2, 0.25) is 0 Å². The fourth-order valence-corrected chi connectivity index (χ4v) is 4.39. The molecular formula is C21H26N2O2. The second-order valence-electron chi connectivity index (χ2n) is 7.51. The smallest absolute Gasteiger partial charge is 0.161 e. The molecule has 0 radical (unpaired) electrons. The number of hydrogen-bond acceptors (Lipinski definition) is 4. The lowest BCUT2D eigenvalue weighted by atomic mass is 9.82. The molecule has 2 aliphatic carbocycles. The van der Waals surface area contributed by atoms with Crippen LogP contribution in [0.25, 0.3) is 0 Å². The van der Waals surface area contributed by atoms with Crippen molar-refractivity contribution >= 4 is 11.5 Å². The van der Waals surface area contributed by atoms with Crippen LogP contribution in [0.1, 0.15) is 50.5 Å². The zero-order valence-corrected chi connectivity index (χ0v) is 15.0. The number of rotatable bonds is 2. The van der Waals surface area contributed by atoms with Gasteiger partial charge in [-0.25, -0.2) is 0 Å². The van der Waals surface area contributed by atoms with Crippen LogP contribution in [-0.4, -0.2) is 30.7 Å². The number of hydrogen-bond donors (Lipinski definition) is 1. The van der Waals surface area contributed by atoms with E-state index < -0.39 is 0 Å². The van der Waals surface area contributed by atoms with Crippen molar-refractivity contribution in [1.29, 1.82) is 0 Å². The minimum atomic E-state index is -0.0435. The van der Waals surface area contributed by atoms with Gasteiger partial charge in [0, 0.05) is 18.0 Å². The van der Waals surface area contributed by atoms with E-state index in [1.54, 1.807) is 13.2 Å². The van der Waals surface area contributed by atoms with E-state index in [1.165, 1.54) is 18.4 Å². The summed E-state index contributed by atoms with van der Waals surface area (Å²) in [5.74, 6) is 1.16. The van der Waals surface area contributed by atoms with Gasteiger partial charge < -0.3 is 10.1 Å². The van der Waals surface area contributed by atoms with Gasteiger partial charge in [-0.05, 0) is 42.9 Å². The molecule has 132 valence electrons. The molecule has 3 aliphatic rings. The Morgan fingerprint density at radius 1 is 1.16 bits per heavy atom. The predicted molar refractivity (Wildman–Crippen MR) is 99.2 cm³/mol. The van der Waals surface area contributed by atoms with Gasteiger partial charge in [-0.3, -0.25) is 9.79 Å². The molecule has 0 amide bonds. The Kier molecular flexibility index (Phi) is 4.36. The number of benzene rings is 1. The summed E-state index contributed by atoms with van der Waals surface area (Å²) in [4.78, 5) is 17.8. The van der Waals surface area contributed by atoms with E-state index in [0.29, 0.717) is 12.1 Å². The van der Waals surface area contributed by atoms with Crippen LogP contribution in [-0.2, 0) is 4.79 Å². The highest BCUT2D eigenvalue weighted by Gasteiger charge is 2.36. The highest BCUT2D eigenvalue weighted by molar-refractivity contribution is 6.09. The van der Waals surface area contributed by atoms with Crippen molar-refractivity contribution in [2.45, 2.75) is 57.0 Å². The maximum Gasteiger partial charge on any atom is 0.161 e. The van der Waals surface area contributed by atoms with Gasteiger partial charge in [-0.1, -0.05) is 31.9 Å². The lowest BCUT2D eigenvalue weighted by Crippen LogP contribution is -2.46. The number of aliphatic imine (C=N–C) groups is 1. The Labute approximate surface area is 149 Å². The molecule has 4 rings (SSSR count). The van der Waals surface area contributed by atoms with Crippen LogP contribution in [0.3, 0.4) is 0 Å². The van der Waals surface area contributed by atoms with E-state index in [4.69, 9.17) is 9.73 Å². The van der Waals surface area contributed by atoms with Crippen LogP contribution in [0.4, 0.5) is 0 Å². The summed E-state index contributed by atoms with van der Waals surface area (Å²) in [6.07, 6.45) is 7.45. The first kappa shape index (κ1) is 16.4. The third-order valence-electron chi connectivity index (χ3n) is 6.00. The van der Waals surface area contributed by atoms with Gasteiger partial charge in [-0.2, -0.15) is 0 Å². The summed E-state index contributed by atoms with van der Waals surface area (Å²) >= 11 is 0. The molecule has 0 aromatic heterocycles. The summed E-state index contributed by atoms with van der Waals surface area (Å²) in [5, 5.41) is 3.63. The Hall–Kier alpha value is -2.10. The molecule has 1 aromatic rings. The molecule has 0 saturated heterocycles. The maximum atomic E-state index is 12.7. The minimum Gasteiger partial charge on any atom is -0.497 e. The molecule has 0 bridgehead atoms. The first-order chi connectivity index (χ1) is 12.2. The van der Waals surface area contributed by atoms with Crippen LogP contribution < -0.4 is 10.1 Å². The van der Waals surface area contributed by atoms with Gasteiger partial charge in [0.05, 0.1) is 24.6 Å². The highest BCUT2D eigenvalue weighted by atomic mass is 16.5. The van der Waals surface area contributed by atoms with E-state index in [2.05, 4.69) is 17.4 Å². The van der Waals surface area contributed by atoms with Crippen molar-refractivity contribution in [3.05, 3.63) is 41.6 Å². The normalized spacial score (nSPS) is 31.7. The highest BCUT2D eigenvalue weighted by Crippen LogP contribution is 2.36. The van der Waals surface area contributed by atoms with Gasteiger partial charge >= 0.3 is 0 Å². The van der Waals surface area contributed by atoms with Crippen molar-refractivity contribution in [3.63, 3.8) is 0 Å². The standard InChI is InChI=1S/C21H26N2O2/c1-13-16(14-7-9-15(25-2)10-8-14)11-19-20(12-21(13)24)23-18-6-4-3-5-17(18)22-19/h7-10,12-13,16-18,23H,3-6,11H2,1-2H3. The molecule has 4 heteroatoms. The Bertz CT molecular complexity index is 720. The Balaban J connectivity index is 1.66. The van der Waals surface area contributed by atoms with Crippen LogP contribution in [0, 0.1) is 5.92 Å². The summed E-state index contributed by atoms with van der Waals surface area (Å²) in [6, 6.07) is 8.90. The fraction of sp³-hybridized carbons (Fsp3) is 0.524. The number of carbonyl (C=O) groups excluding carboxylic acids is 1. The lowest BCUT2D eigenvalue weighted by Gasteiger charge is -2.36. The minimum absolute atomic E-state index is 0.0435. The van der Waals surface area contributed by atoms with Crippen LogP contribution in [0.2, 0.25) is 0 Å². The molecule has 4 nitrogen and oxygen atoms in total. The van der Waals surface area contributed by atoms with E-state index in [9.17, 15) is 4.79 Å². The van der Waals surface area contributed by atoms with Gasteiger partial charge in [0.1, 0.15) is 5.75 Å². The average molecular weight is 338 g/mol. The molecule has 1 N–H and O–H groups in total. The Morgan fingerprint density at radius 3 is 2.68 bits per heavy atom. The topological polar surface area (TPSA) is 50.7 Å².